The van der Waals surface area contributed by atoms with Gasteiger partial charge in [0.25, 0.3) is 0 Å². The predicted molar refractivity (Wildman–Crippen MR) is 106 cm³/mol. The van der Waals surface area contributed by atoms with Crippen molar-refractivity contribution in [2.24, 2.45) is 0 Å². The zero-order valence-corrected chi connectivity index (χ0v) is 17.5. The Hall–Kier alpha value is -2.77. The first kappa shape index (κ1) is 22.5. The molecule has 0 aliphatic carbocycles. The molecule has 2 rings (SSSR count). The van der Waals surface area contributed by atoms with Gasteiger partial charge in [0.05, 0.1) is 12.6 Å². The van der Waals surface area contributed by atoms with Gasteiger partial charge in [0.15, 0.2) is 0 Å². The third-order valence-electron chi connectivity index (χ3n) is 4.30. The highest BCUT2D eigenvalue weighted by atomic mass is 16.6. The third kappa shape index (κ3) is 7.29. The second-order valence-electron chi connectivity index (χ2n) is 7.88. The van der Waals surface area contributed by atoms with Gasteiger partial charge in [-0.15, -0.1) is 0 Å². The molecule has 8 heteroatoms. The van der Waals surface area contributed by atoms with Crippen molar-refractivity contribution in [3.8, 4) is 0 Å². The van der Waals surface area contributed by atoms with Crippen LogP contribution in [0.15, 0.2) is 30.3 Å². The van der Waals surface area contributed by atoms with Gasteiger partial charge in [-0.3, -0.25) is 4.90 Å². The van der Waals surface area contributed by atoms with Crippen LogP contribution in [0.2, 0.25) is 0 Å². The van der Waals surface area contributed by atoms with Crippen LogP contribution >= 0.6 is 0 Å². The molecule has 2 unspecified atom stereocenters. The molecule has 1 aromatic rings. The number of hydrogen-bond donors (Lipinski definition) is 1. The van der Waals surface area contributed by atoms with Crippen LogP contribution in [0.3, 0.4) is 0 Å². The minimum atomic E-state index is -0.733. The minimum absolute atomic E-state index is 0.138. The summed E-state index contributed by atoms with van der Waals surface area (Å²) in [5, 5.41) is 2.77. The summed E-state index contributed by atoms with van der Waals surface area (Å²) in [5.74, 6) is -0.469. The van der Waals surface area contributed by atoms with E-state index < -0.39 is 29.8 Å². The summed E-state index contributed by atoms with van der Waals surface area (Å²) in [7, 11) is 0. The first-order chi connectivity index (χ1) is 13.7. The standard InChI is InChI=1S/C21H30N2O6/c1-5-27-18(24)17-12-11-16(13-23(17)20(26)29-21(2,3)4)22-19(25)28-14-15-9-7-6-8-10-15/h6-10,16-17H,5,11-14H2,1-4H3,(H,22,25). The smallest absolute Gasteiger partial charge is 0.411 e. The molecule has 1 heterocycles. The van der Waals surface area contributed by atoms with E-state index in [0.717, 1.165) is 5.56 Å². The quantitative estimate of drug-likeness (QED) is 0.596. The molecule has 2 amide bonds. The van der Waals surface area contributed by atoms with E-state index in [9.17, 15) is 14.4 Å². The SMILES string of the molecule is CCOC(=O)C1CCC(NC(=O)OCc2ccccc2)CN1C(=O)OC(C)(C)C. The van der Waals surface area contributed by atoms with E-state index in [1.165, 1.54) is 4.90 Å². The largest absolute Gasteiger partial charge is 0.464 e. The molecular formula is C21H30N2O6. The normalized spacial score (nSPS) is 19.2. The average molecular weight is 406 g/mol. The number of ether oxygens (including phenoxy) is 3. The molecule has 8 nitrogen and oxygen atoms in total. The molecule has 160 valence electrons. The van der Waals surface area contributed by atoms with Gasteiger partial charge in [-0.2, -0.15) is 0 Å². The van der Waals surface area contributed by atoms with Crippen molar-refractivity contribution >= 4 is 18.2 Å². The van der Waals surface area contributed by atoms with Crippen molar-refractivity contribution in [2.45, 2.75) is 64.8 Å². The summed E-state index contributed by atoms with van der Waals surface area (Å²) in [4.78, 5) is 38.4. The Labute approximate surface area is 171 Å². The van der Waals surface area contributed by atoms with Gasteiger partial charge >= 0.3 is 18.2 Å². The molecule has 0 bridgehead atoms. The Morgan fingerprint density at radius 3 is 2.41 bits per heavy atom. The zero-order chi connectivity index (χ0) is 21.4. The number of nitrogens with zero attached hydrogens (tertiary/aromatic N) is 1. The maximum atomic E-state index is 12.6. The topological polar surface area (TPSA) is 94.2 Å². The fourth-order valence-corrected chi connectivity index (χ4v) is 3.03. The van der Waals surface area contributed by atoms with E-state index in [1.54, 1.807) is 27.7 Å². The molecule has 1 fully saturated rings. The van der Waals surface area contributed by atoms with Crippen molar-refractivity contribution in [1.29, 1.82) is 0 Å². The van der Waals surface area contributed by atoms with Crippen LogP contribution in [-0.4, -0.2) is 53.9 Å². The summed E-state index contributed by atoms with van der Waals surface area (Å²) in [6, 6.07) is 8.26. The van der Waals surface area contributed by atoms with Crippen LogP contribution in [0.25, 0.3) is 0 Å². The van der Waals surface area contributed by atoms with Gasteiger partial charge in [0.2, 0.25) is 0 Å². The molecule has 1 aromatic carbocycles. The second kappa shape index (κ2) is 10.1. The van der Waals surface area contributed by atoms with E-state index in [0.29, 0.717) is 12.8 Å². The number of hydrogen-bond acceptors (Lipinski definition) is 6. The number of carbonyl (C=O) groups is 3. The van der Waals surface area contributed by atoms with Crippen LogP contribution in [0, 0.1) is 0 Å². The summed E-state index contributed by atoms with van der Waals surface area (Å²) in [5.41, 5.74) is 0.176. The molecule has 1 aliphatic rings. The molecule has 1 N–H and O–H groups in total. The Kier molecular flexibility index (Phi) is 7.87. The number of alkyl carbamates (subject to hydrolysis) is 1. The van der Waals surface area contributed by atoms with Gasteiger partial charge < -0.3 is 19.5 Å². The predicted octanol–water partition coefficient (Wildman–Crippen LogP) is 3.24. The van der Waals surface area contributed by atoms with Gasteiger partial charge in [-0.1, -0.05) is 30.3 Å². The zero-order valence-electron chi connectivity index (χ0n) is 17.5. The van der Waals surface area contributed by atoms with Crippen LogP contribution in [0.1, 0.15) is 46.1 Å². The number of piperidine rings is 1. The number of nitrogens with one attached hydrogen (secondary N) is 1. The van der Waals surface area contributed by atoms with E-state index in [1.807, 2.05) is 30.3 Å². The van der Waals surface area contributed by atoms with Crippen LogP contribution in [-0.2, 0) is 25.6 Å². The highest BCUT2D eigenvalue weighted by Gasteiger charge is 2.39. The second-order valence-corrected chi connectivity index (χ2v) is 7.88. The van der Waals surface area contributed by atoms with E-state index in [-0.39, 0.29) is 25.8 Å². The van der Waals surface area contributed by atoms with Crippen LogP contribution in [0.4, 0.5) is 9.59 Å². The Bertz CT molecular complexity index is 701. The highest BCUT2D eigenvalue weighted by molar-refractivity contribution is 5.82. The van der Waals surface area contributed by atoms with Crippen molar-refractivity contribution in [1.82, 2.24) is 10.2 Å². The fraction of sp³-hybridized carbons (Fsp3) is 0.571. The van der Waals surface area contributed by atoms with Gasteiger partial charge in [0.1, 0.15) is 18.2 Å². The first-order valence-electron chi connectivity index (χ1n) is 9.83. The number of rotatable bonds is 5. The lowest BCUT2D eigenvalue weighted by molar-refractivity contribution is -0.150. The third-order valence-corrected chi connectivity index (χ3v) is 4.30. The summed E-state index contributed by atoms with van der Waals surface area (Å²) in [6.45, 7) is 7.50. The molecule has 0 spiro atoms. The number of benzene rings is 1. The number of likely N-dealkylation sites (tertiary alicyclic amines) is 1. The molecule has 1 aliphatic heterocycles. The fourth-order valence-electron chi connectivity index (χ4n) is 3.03. The van der Waals surface area contributed by atoms with Gasteiger partial charge in [-0.25, -0.2) is 14.4 Å². The number of carbonyl (C=O) groups excluding carboxylic acids is 3. The molecule has 1 saturated heterocycles. The minimum Gasteiger partial charge on any atom is -0.464 e. The highest BCUT2D eigenvalue weighted by Crippen LogP contribution is 2.22. The van der Waals surface area contributed by atoms with Crippen LogP contribution in [0.5, 0.6) is 0 Å². The number of amides is 2. The Balaban J connectivity index is 1.97. The summed E-state index contributed by atoms with van der Waals surface area (Å²) in [6.07, 6.45) is -0.303. The van der Waals surface area contributed by atoms with E-state index in [4.69, 9.17) is 14.2 Å². The van der Waals surface area contributed by atoms with Gasteiger partial charge in [0, 0.05) is 6.54 Å². The monoisotopic (exact) mass is 406 g/mol. The van der Waals surface area contributed by atoms with E-state index in [2.05, 4.69) is 5.32 Å². The van der Waals surface area contributed by atoms with E-state index >= 15 is 0 Å². The molecule has 0 saturated carbocycles. The lowest BCUT2D eigenvalue weighted by atomic mass is 9.98. The summed E-state index contributed by atoms with van der Waals surface area (Å²) < 4.78 is 15.8. The average Bonchev–Trinajstić information content (AvgIpc) is 2.66. The summed E-state index contributed by atoms with van der Waals surface area (Å²) >= 11 is 0. The molecule has 2 atom stereocenters. The van der Waals surface area contributed by atoms with Crippen LogP contribution < -0.4 is 5.32 Å². The van der Waals surface area contributed by atoms with Crippen molar-refractivity contribution in [3.63, 3.8) is 0 Å². The Morgan fingerprint density at radius 1 is 1.10 bits per heavy atom. The molecule has 29 heavy (non-hydrogen) atoms. The lowest BCUT2D eigenvalue weighted by Crippen LogP contribution is -2.57. The molecule has 0 aromatic heterocycles. The molecule has 0 radical (unpaired) electrons. The maximum absolute atomic E-state index is 12.6. The Morgan fingerprint density at radius 2 is 1.79 bits per heavy atom. The number of esters is 1. The van der Waals surface area contributed by atoms with Crippen molar-refractivity contribution in [2.75, 3.05) is 13.2 Å². The van der Waals surface area contributed by atoms with Crippen molar-refractivity contribution in [3.05, 3.63) is 35.9 Å². The maximum Gasteiger partial charge on any atom is 0.411 e. The van der Waals surface area contributed by atoms with Crippen molar-refractivity contribution < 1.29 is 28.6 Å². The van der Waals surface area contributed by atoms with Gasteiger partial charge in [-0.05, 0) is 46.1 Å². The first-order valence-corrected chi connectivity index (χ1v) is 9.83. The lowest BCUT2D eigenvalue weighted by Gasteiger charge is -2.38. The molecular weight excluding hydrogens is 376 g/mol.